The summed E-state index contributed by atoms with van der Waals surface area (Å²) in [6.07, 6.45) is 12.9. The van der Waals surface area contributed by atoms with Crippen LogP contribution in [0.4, 0.5) is 0 Å². The molecule has 0 rings (SSSR count). The Labute approximate surface area is 243 Å². The van der Waals surface area contributed by atoms with Gasteiger partial charge in [0.1, 0.15) is 11.5 Å². The minimum atomic E-state index is -1.71. The molecule has 40 heavy (non-hydrogen) atoms. The lowest BCUT2D eigenvalue weighted by molar-refractivity contribution is -0.351. The third-order valence-electron chi connectivity index (χ3n) is 7.71. The van der Waals surface area contributed by atoms with E-state index < -0.39 is 36.0 Å². The van der Waals surface area contributed by atoms with Crippen LogP contribution in [0.15, 0.2) is 0 Å². The minimum Gasteiger partial charge on any atom is -0.481 e. The third-order valence-corrected chi connectivity index (χ3v) is 7.71. The molecule has 0 aliphatic rings. The number of hydrogen-bond acceptors (Lipinski definition) is 7. The first-order valence-electron chi connectivity index (χ1n) is 15.9. The Morgan fingerprint density at radius 2 is 1.27 bits per heavy atom. The van der Waals surface area contributed by atoms with Crippen LogP contribution < -0.4 is 0 Å². The maximum absolute atomic E-state index is 13.0. The van der Waals surface area contributed by atoms with Gasteiger partial charge in [-0.3, -0.25) is 9.59 Å². The van der Waals surface area contributed by atoms with Crippen LogP contribution in [0.2, 0.25) is 0 Å². The molecule has 0 saturated heterocycles. The Balaban J connectivity index is 5.72. The summed E-state index contributed by atoms with van der Waals surface area (Å²) in [6, 6.07) is 0. The molecule has 0 saturated carbocycles. The van der Waals surface area contributed by atoms with Gasteiger partial charge in [0, 0.05) is 6.42 Å². The Kier molecular flexibility index (Phi) is 24.6. The molecule has 9 nitrogen and oxygen atoms in total. The number of hydrogen-bond donors (Lipinski definition) is 3. The van der Waals surface area contributed by atoms with Gasteiger partial charge in [0.2, 0.25) is 0 Å². The zero-order valence-corrected chi connectivity index (χ0v) is 25.9. The molecule has 0 radical (unpaired) electrons. The maximum atomic E-state index is 13.0. The van der Waals surface area contributed by atoms with E-state index in [1.165, 1.54) is 19.3 Å². The second-order valence-electron chi connectivity index (χ2n) is 11.3. The van der Waals surface area contributed by atoms with Crippen molar-refractivity contribution in [3.63, 3.8) is 0 Å². The largest absolute Gasteiger partial charge is 0.481 e. The highest BCUT2D eigenvalue weighted by Gasteiger charge is 2.53. The highest BCUT2D eigenvalue weighted by Crippen LogP contribution is 2.43. The van der Waals surface area contributed by atoms with E-state index in [-0.39, 0.29) is 25.4 Å². The molecular weight excluding hydrogens is 516 g/mol. The molecule has 3 N–H and O–H groups in total. The van der Waals surface area contributed by atoms with Crippen LogP contribution >= 0.6 is 0 Å². The predicted molar refractivity (Wildman–Crippen MR) is 156 cm³/mol. The molecule has 0 aromatic carbocycles. The summed E-state index contributed by atoms with van der Waals surface area (Å²) in [7, 11) is 0. The lowest BCUT2D eigenvalue weighted by Crippen LogP contribution is -2.53. The fourth-order valence-electron chi connectivity index (χ4n) is 5.18. The minimum absolute atomic E-state index is 0.0448. The van der Waals surface area contributed by atoms with Crippen LogP contribution in [0.25, 0.3) is 0 Å². The lowest BCUT2D eigenvalue weighted by Gasteiger charge is -2.41. The highest BCUT2D eigenvalue weighted by atomic mass is 17.2. The van der Waals surface area contributed by atoms with Gasteiger partial charge in [-0.05, 0) is 43.9 Å². The topological polar surface area (TPSA) is 132 Å². The molecule has 0 spiro atoms. The summed E-state index contributed by atoms with van der Waals surface area (Å²) in [5.74, 6) is -2.76. The van der Waals surface area contributed by atoms with E-state index in [0.29, 0.717) is 26.1 Å². The van der Waals surface area contributed by atoms with Crippen molar-refractivity contribution in [2.45, 2.75) is 143 Å². The van der Waals surface area contributed by atoms with E-state index in [0.717, 1.165) is 64.2 Å². The summed E-state index contributed by atoms with van der Waals surface area (Å²) in [6.45, 7) is 8.76. The van der Waals surface area contributed by atoms with Gasteiger partial charge >= 0.3 is 11.9 Å². The van der Waals surface area contributed by atoms with Crippen LogP contribution in [-0.4, -0.2) is 59.8 Å². The first-order valence-corrected chi connectivity index (χ1v) is 15.9. The molecule has 4 atom stereocenters. The van der Waals surface area contributed by atoms with Gasteiger partial charge in [0.15, 0.2) is 0 Å². The van der Waals surface area contributed by atoms with Crippen LogP contribution in [0.3, 0.4) is 0 Å². The molecular formula is C31H60O9. The second-order valence-corrected chi connectivity index (χ2v) is 11.3. The highest BCUT2D eigenvalue weighted by molar-refractivity contribution is 5.76. The lowest BCUT2D eigenvalue weighted by atomic mass is 9.65. The molecule has 9 heteroatoms. The Bertz CT molecular complexity index is 616. The van der Waals surface area contributed by atoms with Crippen LogP contribution in [-0.2, 0) is 29.1 Å². The molecule has 0 bridgehead atoms. The van der Waals surface area contributed by atoms with Crippen molar-refractivity contribution in [2.75, 3.05) is 26.4 Å². The molecule has 4 unspecified atom stereocenters. The van der Waals surface area contributed by atoms with Gasteiger partial charge < -0.3 is 15.3 Å². The number of unbranched alkanes of at least 4 members (excludes halogenated alkanes) is 10. The van der Waals surface area contributed by atoms with Gasteiger partial charge in [-0.25, -0.2) is 19.6 Å². The Morgan fingerprint density at radius 3 is 1.82 bits per heavy atom. The van der Waals surface area contributed by atoms with Gasteiger partial charge in [0.05, 0.1) is 26.4 Å². The molecule has 0 aromatic heterocycles. The average Bonchev–Trinajstić information content (AvgIpc) is 2.92. The van der Waals surface area contributed by atoms with E-state index in [9.17, 15) is 24.9 Å². The summed E-state index contributed by atoms with van der Waals surface area (Å²) in [5.41, 5.74) is -1.71. The number of aliphatic hydroxyl groups is 1. The van der Waals surface area contributed by atoms with E-state index in [4.69, 9.17) is 19.6 Å². The van der Waals surface area contributed by atoms with E-state index in [2.05, 4.69) is 20.8 Å². The quantitative estimate of drug-likeness (QED) is 0.0456. The van der Waals surface area contributed by atoms with Crippen molar-refractivity contribution in [3.05, 3.63) is 0 Å². The van der Waals surface area contributed by atoms with Gasteiger partial charge in [-0.15, -0.1) is 0 Å². The Morgan fingerprint density at radius 1 is 0.725 bits per heavy atom. The van der Waals surface area contributed by atoms with E-state index in [1.807, 2.05) is 6.92 Å². The van der Waals surface area contributed by atoms with Crippen molar-refractivity contribution in [1.82, 2.24) is 0 Å². The maximum Gasteiger partial charge on any atom is 0.315 e. The van der Waals surface area contributed by atoms with Crippen molar-refractivity contribution >= 4 is 11.9 Å². The fraction of sp³-hybridized carbons (Fsp3) is 0.935. The molecule has 0 aliphatic heterocycles. The summed E-state index contributed by atoms with van der Waals surface area (Å²) < 4.78 is 0. The smallest absolute Gasteiger partial charge is 0.315 e. The first kappa shape index (κ1) is 38.7. The number of aliphatic carboxylic acids is 2. The number of aliphatic hydroxyl groups excluding tert-OH is 1. The first-order chi connectivity index (χ1) is 19.3. The molecule has 0 fully saturated rings. The summed E-state index contributed by atoms with van der Waals surface area (Å²) in [5, 5.41) is 30.6. The number of rotatable bonds is 30. The van der Waals surface area contributed by atoms with E-state index >= 15 is 0 Å². The van der Waals surface area contributed by atoms with Gasteiger partial charge in [0.25, 0.3) is 0 Å². The molecule has 0 heterocycles. The van der Waals surface area contributed by atoms with E-state index in [1.54, 1.807) is 0 Å². The van der Waals surface area contributed by atoms with Crippen LogP contribution in [0.5, 0.6) is 0 Å². The van der Waals surface area contributed by atoms with Crippen molar-refractivity contribution in [3.8, 4) is 0 Å². The van der Waals surface area contributed by atoms with Gasteiger partial charge in [-0.1, -0.05) is 98.3 Å². The summed E-state index contributed by atoms with van der Waals surface area (Å²) >= 11 is 0. The van der Waals surface area contributed by atoms with Crippen LogP contribution in [0.1, 0.15) is 137 Å². The summed E-state index contributed by atoms with van der Waals surface area (Å²) in [4.78, 5) is 46.2. The van der Waals surface area contributed by atoms with Crippen molar-refractivity contribution in [1.29, 1.82) is 0 Å². The number of carbonyl (C=O) groups is 2. The average molecular weight is 577 g/mol. The monoisotopic (exact) mass is 576 g/mol. The zero-order valence-electron chi connectivity index (χ0n) is 25.9. The predicted octanol–water partition coefficient (Wildman–Crippen LogP) is 7.34. The second kappa shape index (κ2) is 25.5. The fourth-order valence-corrected chi connectivity index (χ4v) is 5.18. The van der Waals surface area contributed by atoms with Crippen molar-refractivity contribution in [2.24, 2.45) is 17.3 Å². The van der Waals surface area contributed by atoms with Gasteiger partial charge in [-0.2, -0.15) is 0 Å². The molecule has 0 aliphatic carbocycles. The normalized spacial score (nSPS) is 15.4. The molecule has 0 amide bonds. The Hall–Kier alpha value is -1.26. The number of carboxylic acid groups (broad SMARTS) is 2. The standard InChI is InChI=1S/C31H60O9/c1-5-8-11-12-13-14-15-18-27(23-26(4)24-39-37-21-16-9-6-2)31(25-32,30(35)36)28(19-20-29(33)34)40-38-22-17-10-7-3/h26-28,32H,5-25H2,1-4H3,(H,33,34)(H,35,36). The SMILES string of the molecule is CCCCCCCCCC(CC(C)COOCCCCC)C(CO)(C(=O)O)C(CCC(=O)O)OOCCCCC. The molecule has 0 aromatic rings. The number of carboxylic acids is 2. The van der Waals surface area contributed by atoms with Crippen molar-refractivity contribution < 1.29 is 44.5 Å². The zero-order chi connectivity index (χ0) is 30.1. The molecule has 238 valence electrons. The van der Waals surface area contributed by atoms with Crippen LogP contribution in [0, 0.1) is 17.3 Å². The third kappa shape index (κ3) is 16.9.